The number of carbonyl (C=O) groups excluding carboxylic acids is 2. The molecule has 0 aliphatic carbocycles. The molecular formula is C23H23N3O5S. The molecule has 1 atom stereocenters. The summed E-state index contributed by atoms with van der Waals surface area (Å²) in [6.07, 6.45) is 1.69. The number of ether oxygens (including phenoxy) is 2. The third kappa shape index (κ3) is 4.29. The second-order valence-electron chi connectivity index (χ2n) is 7.19. The Balaban J connectivity index is 1.64. The normalized spacial score (nSPS) is 17.5. The van der Waals surface area contributed by atoms with Gasteiger partial charge in [0.25, 0.3) is 0 Å². The summed E-state index contributed by atoms with van der Waals surface area (Å²) in [7, 11) is 2.94. The van der Waals surface area contributed by atoms with Gasteiger partial charge in [-0.2, -0.15) is 0 Å². The van der Waals surface area contributed by atoms with E-state index in [1.54, 1.807) is 32.4 Å². The zero-order chi connectivity index (χ0) is 22.7. The van der Waals surface area contributed by atoms with Crippen molar-refractivity contribution in [2.24, 2.45) is 4.99 Å². The fourth-order valence-corrected chi connectivity index (χ4v) is 4.66. The molecule has 1 aromatic carbocycles. The lowest BCUT2D eigenvalue weighted by atomic mass is 9.93. The standard InChI is InChI=1S/C23H23N3O5S/c1-14-20(22(28)30-3)21(15-6-4-7-17(10-15)29-2)26-16(13-32-23(26)25-14)11-19(27)24-12-18-8-5-9-31-18/h4-10,13,21H,11-12H2,1-3H3,(H,24,27)/t21-/m0/s1. The minimum atomic E-state index is -0.496. The number of hydrogen-bond acceptors (Lipinski definition) is 8. The molecule has 2 aliphatic heterocycles. The third-order valence-corrected chi connectivity index (χ3v) is 6.09. The summed E-state index contributed by atoms with van der Waals surface area (Å²) in [5.74, 6) is 0.720. The Bertz CT molecular complexity index is 1120. The summed E-state index contributed by atoms with van der Waals surface area (Å²) in [6, 6.07) is 10.6. The number of aliphatic imine (C=N–C) groups is 1. The molecule has 2 aliphatic rings. The summed E-state index contributed by atoms with van der Waals surface area (Å²) in [4.78, 5) is 31.9. The van der Waals surface area contributed by atoms with E-state index in [1.165, 1.54) is 18.9 Å². The Hall–Kier alpha value is -3.46. The molecular weight excluding hydrogens is 430 g/mol. The molecule has 0 unspecified atom stereocenters. The Kier molecular flexibility index (Phi) is 6.36. The smallest absolute Gasteiger partial charge is 0.338 e. The maximum Gasteiger partial charge on any atom is 0.338 e. The highest BCUT2D eigenvalue weighted by Crippen LogP contribution is 2.45. The fourth-order valence-electron chi connectivity index (χ4n) is 3.69. The van der Waals surface area contributed by atoms with Crippen molar-refractivity contribution in [3.8, 4) is 5.75 Å². The molecule has 1 aromatic heterocycles. The van der Waals surface area contributed by atoms with Gasteiger partial charge in [0.1, 0.15) is 11.5 Å². The topological polar surface area (TPSA) is 93.4 Å². The van der Waals surface area contributed by atoms with E-state index in [-0.39, 0.29) is 12.3 Å². The summed E-state index contributed by atoms with van der Waals surface area (Å²) in [5, 5.41) is 5.46. The van der Waals surface area contributed by atoms with Gasteiger partial charge < -0.3 is 24.1 Å². The van der Waals surface area contributed by atoms with Crippen molar-refractivity contribution in [2.45, 2.75) is 25.9 Å². The molecule has 0 saturated heterocycles. The van der Waals surface area contributed by atoms with Crippen LogP contribution in [0.5, 0.6) is 5.75 Å². The highest BCUT2D eigenvalue weighted by molar-refractivity contribution is 8.16. The monoisotopic (exact) mass is 453 g/mol. The highest BCUT2D eigenvalue weighted by Gasteiger charge is 2.41. The van der Waals surface area contributed by atoms with Crippen LogP contribution in [0.2, 0.25) is 0 Å². The molecule has 8 nitrogen and oxygen atoms in total. The van der Waals surface area contributed by atoms with E-state index in [2.05, 4.69) is 10.3 Å². The van der Waals surface area contributed by atoms with Crippen LogP contribution in [0.1, 0.15) is 30.7 Å². The van der Waals surface area contributed by atoms with Crippen molar-refractivity contribution >= 4 is 28.8 Å². The van der Waals surface area contributed by atoms with E-state index in [9.17, 15) is 9.59 Å². The van der Waals surface area contributed by atoms with Crippen LogP contribution >= 0.6 is 11.8 Å². The third-order valence-electron chi connectivity index (χ3n) is 5.20. The molecule has 0 radical (unpaired) electrons. The van der Waals surface area contributed by atoms with Crippen molar-refractivity contribution in [1.82, 2.24) is 10.2 Å². The number of fused-ring (bicyclic) bond motifs is 1. The van der Waals surface area contributed by atoms with Crippen LogP contribution in [0.4, 0.5) is 0 Å². The second-order valence-corrected chi connectivity index (χ2v) is 8.03. The summed E-state index contributed by atoms with van der Waals surface area (Å²) in [6.45, 7) is 2.09. The lowest BCUT2D eigenvalue weighted by molar-refractivity contribution is -0.136. The average molecular weight is 454 g/mol. The number of nitrogens with zero attached hydrogens (tertiary/aromatic N) is 2. The van der Waals surface area contributed by atoms with Gasteiger partial charge in [-0.05, 0) is 42.2 Å². The van der Waals surface area contributed by atoms with Gasteiger partial charge in [0.05, 0.1) is 50.8 Å². The van der Waals surface area contributed by atoms with Gasteiger partial charge in [0.15, 0.2) is 5.17 Å². The molecule has 0 bridgehead atoms. The summed E-state index contributed by atoms with van der Waals surface area (Å²) >= 11 is 1.42. The van der Waals surface area contributed by atoms with Crippen molar-refractivity contribution < 1.29 is 23.5 Å². The summed E-state index contributed by atoms with van der Waals surface area (Å²) < 4.78 is 15.7. The van der Waals surface area contributed by atoms with Crippen LogP contribution in [-0.2, 0) is 20.9 Å². The molecule has 1 amide bonds. The molecule has 0 saturated carbocycles. The van der Waals surface area contributed by atoms with E-state index in [1.807, 2.05) is 34.6 Å². The maximum absolute atomic E-state index is 12.7. The Morgan fingerprint density at radius 2 is 2.09 bits per heavy atom. The van der Waals surface area contributed by atoms with Gasteiger partial charge >= 0.3 is 5.97 Å². The van der Waals surface area contributed by atoms with Gasteiger partial charge in [0.2, 0.25) is 5.91 Å². The van der Waals surface area contributed by atoms with Crippen molar-refractivity contribution in [3.63, 3.8) is 0 Å². The molecule has 166 valence electrons. The number of carbonyl (C=O) groups is 2. The first kappa shape index (κ1) is 21.8. The first-order valence-electron chi connectivity index (χ1n) is 9.97. The van der Waals surface area contributed by atoms with Gasteiger partial charge in [-0.15, -0.1) is 0 Å². The zero-order valence-corrected chi connectivity index (χ0v) is 18.8. The molecule has 4 rings (SSSR count). The number of hydrogen-bond donors (Lipinski definition) is 1. The minimum Gasteiger partial charge on any atom is -0.497 e. The van der Waals surface area contributed by atoms with Crippen LogP contribution in [0.15, 0.2) is 74.4 Å². The Morgan fingerprint density at radius 1 is 1.25 bits per heavy atom. The molecule has 3 heterocycles. The van der Waals surface area contributed by atoms with Crippen LogP contribution in [0.3, 0.4) is 0 Å². The fraction of sp³-hybridized carbons (Fsp3) is 0.261. The molecule has 1 N–H and O–H groups in total. The number of thioether (sulfide) groups is 1. The highest BCUT2D eigenvalue weighted by atomic mass is 32.2. The van der Waals surface area contributed by atoms with Crippen LogP contribution in [0.25, 0.3) is 0 Å². The van der Waals surface area contributed by atoms with Gasteiger partial charge in [-0.25, -0.2) is 9.79 Å². The maximum atomic E-state index is 12.7. The molecule has 0 fully saturated rings. The number of esters is 1. The van der Waals surface area contributed by atoms with Crippen LogP contribution < -0.4 is 10.1 Å². The van der Waals surface area contributed by atoms with Crippen LogP contribution in [-0.4, -0.2) is 36.2 Å². The van der Waals surface area contributed by atoms with Crippen molar-refractivity contribution in [3.05, 3.63) is 76.4 Å². The molecule has 0 spiro atoms. The summed E-state index contributed by atoms with van der Waals surface area (Å²) in [5.41, 5.74) is 2.59. The van der Waals surface area contributed by atoms with Crippen LogP contribution in [0, 0.1) is 0 Å². The number of allylic oxidation sites excluding steroid dienone is 1. The number of nitrogens with one attached hydrogen (secondary N) is 1. The van der Waals surface area contributed by atoms with E-state index in [0.29, 0.717) is 34.5 Å². The van der Waals surface area contributed by atoms with E-state index < -0.39 is 12.0 Å². The largest absolute Gasteiger partial charge is 0.497 e. The number of benzene rings is 1. The van der Waals surface area contributed by atoms with Gasteiger partial charge in [0, 0.05) is 5.70 Å². The number of amidine groups is 1. The van der Waals surface area contributed by atoms with Gasteiger partial charge in [-0.1, -0.05) is 23.9 Å². The van der Waals surface area contributed by atoms with Crippen molar-refractivity contribution in [1.29, 1.82) is 0 Å². The van der Waals surface area contributed by atoms with Gasteiger partial charge in [-0.3, -0.25) is 4.79 Å². The SMILES string of the molecule is COC(=O)C1=C(C)N=C2SC=C(CC(=O)NCc3ccco3)N2[C@H]1c1cccc(OC)c1. The average Bonchev–Trinajstić information content (AvgIpc) is 3.46. The van der Waals surface area contributed by atoms with E-state index in [4.69, 9.17) is 13.9 Å². The second kappa shape index (κ2) is 9.35. The number of amides is 1. The first-order chi connectivity index (χ1) is 15.5. The van der Waals surface area contributed by atoms with E-state index >= 15 is 0 Å². The number of furan rings is 1. The number of methoxy groups -OCH3 is 2. The predicted octanol–water partition coefficient (Wildman–Crippen LogP) is 3.74. The van der Waals surface area contributed by atoms with E-state index in [0.717, 1.165) is 11.3 Å². The molecule has 2 aromatic rings. The lowest BCUT2D eigenvalue weighted by Gasteiger charge is -2.36. The minimum absolute atomic E-state index is 0.126. The first-order valence-corrected chi connectivity index (χ1v) is 10.9. The Labute approximate surface area is 190 Å². The quantitative estimate of drug-likeness (QED) is 0.638. The Morgan fingerprint density at radius 3 is 2.81 bits per heavy atom. The lowest BCUT2D eigenvalue weighted by Crippen LogP contribution is -2.37. The predicted molar refractivity (Wildman–Crippen MR) is 121 cm³/mol. The number of rotatable bonds is 7. The van der Waals surface area contributed by atoms with Crippen molar-refractivity contribution in [2.75, 3.05) is 14.2 Å². The zero-order valence-electron chi connectivity index (χ0n) is 18.0. The molecule has 32 heavy (non-hydrogen) atoms. The molecule has 9 heteroatoms.